The Hall–Kier alpha value is -0.120. The van der Waals surface area contributed by atoms with Crippen molar-refractivity contribution in [2.75, 3.05) is 39.8 Å². The molecule has 1 N–H and O–H groups in total. The first-order valence-corrected chi connectivity index (χ1v) is 7.62. The second-order valence-electron chi connectivity index (χ2n) is 6.65. The van der Waals surface area contributed by atoms with Crippen LogP contribution in [-0.4, -0.2) is 50.8 Å². The van der Waals surface area contributed by atoms with Crippen LogP contribution in [0.15, 0.2) is 0 Å². The number of morpholine rings is 1. The zero-order valence-corrected chi connectivity index (χ0v) is 12.4. The van der Waals surface area contributed by atoms with Gasteiger partial charge in [0.25, 0.3) is 0 Å². The second-order valence-corrected chi connectivity index (χ2v) is 6.65. The first kappa shape index (κ1) is 14.3. The summed E-state index contributed by atoms with van der Waals surface area (Å²) in [6.07, 6.45) is 6.02. The van der Waals surface area contributed by atoms with E-state index in [2.05, 4.69) is 31.1 Å². The molecule has 1 saturated carbocycles. The van der Waals surface area contributed by atoms with Gasteiger partial charge in [-0.25, -0.2) is 0 Å². The third kappa shape index (κ3) is 3.69. The Kier molecular flexibility index (Phi) is 5.05. The van der Waals surface area contributed by atoms with E-state index < -0.39 is 0 Å². The number of hydrogen-bond donors (Lipinski definition) is 1. The standard InChI is InChI=1S/C15H30N2O/c1-13-5-4-6-15(9-13,11-16-3)12-17-7-8-18-14(2)10-17/h13-14,16H,4-12H2,1-3H3. The summed E-state index contributed by atoms with van der Waals surface area (Å²) in [4.78, 5) is 2.63. The van der Waals surface area contributed by atoms with Crippen molar-refractivity contribution in [3.05, 3.63) is 0 Å². The fourth-order valence-corrected chi connectivity index (χ4v) is 4.01. The fraction of sp³-hybridized carbons (Fsp3) is 1.00. The lowest BCUT2D eigenvalue weighted by molar-refractivity contribution is -0.0392. The van der Waals surface area contributed by atoms with Crippen molar-refractivity contribution in [1.82, 2.24) is 10.2 Å². The van der Waals surface area contributed by atoms with Crippen LogP contribution in [0.25, 0.3) is 0 Å². The molecule has 0 bridgehead atoms. The molecule has 18 heavy (non-hydrogen) atoms. The van der Waals surface area contributed by atoms with Gasteiger partial charge in [-0.15, -0.1) is 0 Å². The van der Waals surface area contributed by atoms with Crippen LogP contribution in [0.5, 0.6) is 0 Å². The Labute approximate surface area is 112 Å². The fourth-order valence-electron chi connectivity index (χ4n) is 4.01. The summed E-state index contributed by atoms with van der Waals surface area (Å²) in [6, 6.07) is 0. The largest absolute Gasteiger partial charge is 0.376 e. The number of nitrogens with one attached hydrogen (secondary N) is 1. The van der Waals surface area contributed by atoms with Crippen molar-refractivity contribution >= 4 is 0 Å². The van der Waals surface area contributed by atoms with Gasteiger partial charge in [0.15, 0.2) is 0 Å². The van der Waals surface area contributed by atoms with Gasteiger partial charge in [0.2, 0.25) is 0 Å². The Balaban J connectivity index is 1.96. The second kappa shape index (κ2) is 6.36. The van der Waals surface area contributed by atoms with Gasteiger partial charge in [0.1, 0.15) is 0 Å². The third-order valence-electron chi connectivity index (χ3n) is 4.62. The zero-order valence-electron chi connectivity index (χ0n) is 12.4. The quantitative estimate of drug-likeness (QED) is 0.832. The Morgan fingerprint density at radius 3 is 2.89 bits per heavy atom. The summed E-state index contributed by atoms with van der Waals surface area (Å²) in [5.74, 6) is 0.894. The van der Waals surface area contributed by atoms with E-state index in [4.69, 9.17) is 4.74 Å². The van der Waals surface area contributed by atoms with E-state index in [9.17, 15) is 0 Å². The highest BCUT2D eigenvalue weighted by molar-refractivity contribution is 4.90. The van der Waals surface area contributed by atoms with Crippen LogP contribution >= 0.6 is 0 Å². The molecule has 0 spiro atoms. The van der Waals surface area contributed by atoms with Crippen LogP contribution in [0.2, 0.25) is 0 Å². The van der Waals surface area contributed by atoms with Crippen LogP contribution in [0, 0.1) is 11.3 Å². The molecular formula is C15H30N2O. The maximum absolute atomic E-state index is 5.65. The van der Waals surface area contributed by atoms with Gasteiger partial charge in [0.05, 0.1) is 12.7 Å². The van der Waals surface area contributed by atoms with Crippen LogP contribution in [0.3, 0.4) is 0 Å². The highest BCUT2D eigenvalue weighted by Gasteiger charge is 2.36. The lowest BCUT2D eigenvalue weighted by atomic mass is 9.69. The smallest absolute Gasteiger partial charge is 0.0674 e. The minimum atomic E-state index is 0.409. The van der Waals surface area contributed by atoms with Gasteiger partial charge >= 0.3 is 0 Å². The molecule has 3 unspecified atom stereocenters. The molecule has 1 aliphatic heterocycles. The van der Waals surface area contributed by atoms with Crippen molar-refractivity contribution in [2.45, 2.75) is 45.6 Å². The summed E-state index contributed by atoms with van der Waals surface area (Å²) >= 11 is 0. The van der Waals surface area contributed by atoms with E-state index in [1.54, 1.807) is 0 Å². The van der Waals surface area contributed by atoms with E-state index in [0.717, 1.165) is 25.6 Å². The molecule has 3 heteroatoms. The zero-order chi connectivity index (χ0) is 13.0. The molecule has 1 saturated heterocycles. The molecule has 0 aromatic carbocycles. The van der Waals surface area contributed by atoms with E-state index in [0.29, 0.717) is 11.5 Å². The van der Waals surface area contributed by atoms with Crippen LogP contribution in [0.1, 0.15) is 39.5 Å². The van der Waals surface area contributed by atoms with Crippen LogP contribution in [0.4, 0.5) is 0 Å². The normalized spacial score (nSPS) is 38.8. The maximum atomic E-state index is 5.65. The van der Waals surface area contributed by atoms with Crippen molar-refractivity contribution in [2.24, 2.45) is 11.3 Å². The molecule has 0 amide bonds. The summed E-state index contributed by atoms with van der Waals surface area (Å²) in [7, 11) is 2.10. The van der Waals surface area contributed by atoms with Crippen LogP contribution < -0.4 is 5.32 Å². The molecule has 1 heterocycles. The van der Waals surface area contributed by atoms with E-state index in [-0.39, 0.29) is 0 Å². The molecule has 106 valence electrons. The van der Waals surface area contributed by atoms with Gasteiger partial charge in [-0.3, -0.25) is 4.90 Å². The molecule has 2 aliphatic rings. The first-order chi connectivity index (χ1) is 8.63. The minimum absolute atomic E-state index is 0.409. The lowest BCUT2D eigenvalue weighted by Gasteiger charge is -2.45. The Bertz CT molecular complexity index is 255. The van der Waals surface area contributed by atoms with Crippen molar-refractivity contribution in [1.29, 1.82) is 0 Å². The number of ether oxygens (including phenoxy) is 1. The first-order valence-electron chi connectivity index (χ1n) is 7.62. The van der Waals surface area contributed by atoms with E-state index in [1.165, 1.54) is 38.8 Å². The van der Waals surface area contributed by atoms with Crippen molar-refractivity contribution < 1.29 is 4.74 Å². The van der Waals surface area contributed by atoms with Crippen molar-refractivity contribution in [3.63, 3.8) is 0 Å². The molecule has 2 rings (SSSR count). The topological polar surface area (TPSA) is 24.5 Å². The molecule has 3 nitrogen and oxygen atoms in total. The highest BCUT2D eigenvalue weighted by Crippen LogP contribution is 2.39. The van der Waals surface area contributed by atoms with Crippen LogP contribution in [-0.2, 0) is 4.74 Å². The van der Waals surface area contributed by atoms with Gasteiger partial charge in [-0.1, -0.05) is 19.8 Å². The molecule has 0 radical (unpaired) electrons. The summed E-state index contributed by atoms with van der Waals surface area (Å²) in [5, 5.41) is 3.44. The summed E-state index contributed by atoms with van der Waals surface area (Å²) in [6.45, 7) is 10.2. The molecule has 0 aromatic heterocycles. The Morgan fingerprint density at radius 1 is 1.39 bits per heavy atom. The SMILES string of the molecule is CNCC1(CN2CCOC(C)C2)CCCC(C)C1. The van der Waals surface area contributed by atoms with E-state index >= 15 is 0 Å². The Morgan fingerprint density at radius 2 is 2.22 bits per heavy atom. The average molecular weight is 254 g/mol. The molecule has 3 atom stereocenters. The highest BCUT2D eigenvalue weighted by atomic mass is 16.5. The number of rotatable bonds is 4. The van der Waals surface area contributed by atoms with Gasteiger partial charge < -0.3 is 10.1 Å². The number of nitrogens with zero attached hydrogens (tertiary/aromatic N) is 1. The van der Waals surface area contributed by atoms with Gasteiger partial charge in [-0.05, 0) is 38.1 Å². The van der Waals surface area contributed by atoms with Gasteiger partial charge in [-0.2, -0.15) is 0 Å². The predicted octanol–water partition coefficient (Wildman–Crippen LogP) is 2.12. The minimum Gasteiger partial charge on any atom is -0.376 e. The molecular weight excluding hydrogens is 224 g/mol. The lowest BCUT2D eigenvalue weighted by Crippen LogP contribution is -2.50. The summed E-state index contributed by atoms with van der Waals surface area (Å²) in [5.41, 5.74) is 0.503. The molecule has 0 aromatic rings. The van der Waals surface area contributed by atoms with Crippen molar-refractivity contribution in [3.8, 4) is 0 Å². The van der Waals surface area contributed by atoms with E-state index in [1.807, 2.05) is 0 Å². The third-order valence-corrected chi connectivity index (χ3v) is 4.62. The monoisotopic (exact) mass is 254 g/mol. The summed E-state index contributed by atoms with van der Waals surface area (Å²) < 4.78 is 5.65. The number of hydrogen-bond acceptors (Lipinski definition) is 3. The molecule has 2 fully saturated rings. The predicted molar refractivity (Wildman–Crippen MR) is 75.8 cm³/mol. The maximum Gasteiger partial charge on any atom is 0.0674 e. The average Bonchev–Trinajstić information content (AvgIpc) is 2.28. The van der Waals surface area contributed by atoms with Gasteiger partial charge in [0, 0.05) is 26.2 Å². The molecule has 1 aliphatic carbocycles.